The van der Waals surface area contributed by atoms with Gasteiger partial charge < -0.3 is 10.6 Å². The highest BCUT2D eigenvalue weighted by Crippen LogP contribution is 2.10. The van der Waals surface area contributed by atoms with Gasteiger partial charge in [-0.25, -0.2) is 0 Å². The lowest BCUT2D eigenvalue weighted by molar-refractivity contribution is -0.127. The third-order valence-electron chi connectivity index (χ3n) is 2.67. The zero-order valence-electron chi connectivity index (χ0n) is 10.2. The number of rotatable bonds is 4. The van der Waals surface area contributed by atoms with Crippen molar-refractivity contribution < 1.29 is 9.59 Å². The van der Waals surface area contributed by atoms with E-state index in [9.17, 15) is 9.59 Å². The fraction of sp³-hybridized carbons (Fsp3) is 0.818. The quantitative estimate of drug-likeness (QED) is 0.621. The van der Waals surface area contributed by atoms with Gasteiger partial charge in [-0.05, 0) is 20.3 Å². The van der Waals surface area contributed by atoms with Gasteiger partial charge in [0.05, 0.1) is 6.54 Å². The molecule has 0 aromatic carbocycles. The molecule has 1 atom stereocenters. The number of hydrogen-bond donors (Lipinski definition) is 3. The molecule has 0 aliphatic carbocycles. The molecule has 1 aliphatic rings. The molecule has 0 spiro atoms. The van der Waals surface area contributed by atoms with E-state index < -0.39 is 0 Å². The molecule has 0 saturated carbocycles. The normalized spacial score (nSPS) is 21.4. The number of nitrogens with one attached hydrogen (secondary N) is 3. The second-order valence-electron chi connectivity index (χ2n) is 4.86. The minimum absolute atomic E-state index is 0.0431. The summed E-state index contributed by atoms with van der Waals surface area (Å²) in [5.41, 5.74) is -0.186. The van der Waals surface area contributed by atoms with E-state index in [1.54, 1.807) is 0 Å². The van der Waals surface area contributed by atoms with Crippen LogP contribution in [0.15, 0.2) is 0 Å². The van der Waals surface area contributed by atoms with Crippen LogP contribution in [0.1, 0.15) is 33.6 Å². The number of hydrogen-bond acceptors (Lipinski definition) is 3. The van der Waals surface area contributed by atoms with Crippen molar-refractivity contribution in [3.63, 3.8) is 0 Å². The highest BCUT2D eigenvalue weighted by Gasteiger charge is 2.27. The van der Waals surface area contributed by atoms with Gasteiger partial charge in [-0.15, -0.1) is 0 Å². The number of carbonyl (C=O) groups is 2. The lowest BCUT2D eigenvalue weighted by atomic mass is 9.98. The van der Waals surface area contributed by atoms with Crippen LogP contribution in [0.5, 0.6) is 0 Å². The summed E-state index contributed by atoms with van der Waals surface area (Å²) in [5.74, 6) is -0.102. The largest absolute Gasteiger partial charge is 0.353 e. The Morgan fingerprint density at radius 1 is 1.56 bits per heavy atom. The zero-order chi connectivity index (χ0) is 12.2. The molecule has 0 aromatic rings. The predicted molar refractivity (Wildman–Crippen MR) is 61.9 cm³/mol. The van der Waals surface area contributed by atoms with E-state index in [0.29, 0.717) is 6.54 Å². The molecule has 5 nitrogen and oxygen atoms in total. The van der Waals surface area contributed by atoms with E-state index in [4.69, 9.17) is 0 Å². The van der Waals surface area contributed by atoms with Crippen molar-refractivity contribution in [2.24, 2.45) is 0 Å². The van der Waals surface area contributed by atoms with Gasteiger partial charge in [0.2, 0.25) is 11.8 Å². The van der Waals surface area contributed by atoms with Gasteiger partial charge >= 0.3 is 0 Å². The predicted octanol–water partition coefficient (Wildman–Crippen LogP) is -0.231. The Kier molecular flexibility index (Phi) is 4.29. The molecule has 1 aliphatic heterocycles. The zero-order valence-corrected chi connectivity index (χ0v) is 10.2. The average molecular weight is 227 g/mol. The first-order chi connectivity index (χ1) is 7.44. The highest BCUT2D eigenvalue weighted by atomic mass is 16.2. The van der Waals surface area contributed by atoms with E-state index in [-0.39, 0.29) is 29.9 Å². The molecule has 1 unspecified atom stereocenters. The lowest BCUT2D eigenvalue weighted by Gasteiger charge is -2.30. The first-order valence-corrected chi connectivity index (χ1v) is 5.77. The van der Waals surface area contributed by atoms with Gasteiger partial charge in [0.1, 0.15) is 6.04 Å². The number of carbonyl (C=O) groups excluding carboxylic acids is 2. The van der Waals surface area contributed by atoms with Crippen molar-refractivity contribution in [3.8, 4) is 0 Å². The fourth-order valence-electron chi connectivity index (χ4n) is 1.86. The number of piperazine rings is 1. The van der Waals surface area contributed by atoms with E-state index in [1.807, 2.05) is 13.8 Å². The maximum absolute atomic E-state index is 11.9. The minimum atomic E-state index is -0.311. The fourth-order valence-corrected chi connectivity index (χ4v) is 1.86. The molecular formula is C11H21N3O2. The minimum Gasteiger partial charge on any atom is -0.353 e. The Balaban J connectivity index is 2.43. The topological polar surface area (TPSA) is 70.2 Å². The van der Waals surface area contributed by atoms with Crippen LogP contribution in [0.2, 0.25) is 0 Å². The second kappa shape index (κ2) is 5.30. The third kappa shape index (κ3) is 3.81. The van der Waals surface area contributed by atoms with Gasteiger partial charge in [-0.2, -0.15) is 0 Å². The summed E-state index contributed by atoms with van der Waals surface area (Å²) < 4.78 is 0. The lowest BCUT2D eigenvalue weighted by Crippen LogP contribution is -2.60. The Morgan fingerprint density at radius 2 is 2.25 bits per heavy atom. The standard InChI is InChI=1S/C11H21N3O2/c1-4-5-11(2,3)14-10(16)8-6-13-9(15)7-12-8/h8,12H,4-7H2,1-3H3,(H,13,15)(H,14,16). The van der Waals surface area contributed by atoms with Crippen molar-refractivity contribution in [2.45, 2.75) is 45.2 Å². The first-order valence-electron chi connectivity index (χ1n) is 5.77. The molecule has 0 radical (unpaired) electrons. The van der Waals surface area contributed by atoms with Crippen molar-refractivity contribution >= 4 is 11.8 Å². The van der Waals surface area contributed by atoms with Crippen molar-refractivity contribution in [3.05, 3.63) is 0 Å². The molecule has 1 saturated heterocycles. The van der Waals surface area contributed by atoms with E-state index in [1.165, 1.54) is 0 Å². The van der Waals surface area contributed by atoms with Crippen LogP contribution in [-0.4, -0.2) is 36.5 Å². The Morgan fingerprint density at radius 3 is 2.75 bits per heavy atom. The molecule has 5 heteroatoms. The maximum atomic E-state index is 11.9. The smallest absolute Gasteiger partial charge is 0.239 e. The van der Waals surface area contributed by atoms with Crippen LogP contribution in [0.25, 0.3) is 0 Å². The first kappa shape index (κ1) is 13.0. The van der Waals surface area contributed by atoms with Crippen LogP contribution < -0.4 is 16.0 Å². The molecule has 1 rings (SSSR count). The van der Waals surface area contributed by atoms with Gasteiger partial charge in [0.15, 0.2) is 0 Å². The molecule has 92 valence electrons. The second-order valence-corrected chi connectivity index (χ2v) is 4.86. The van der Waals surface area contributed by atoms with E-state index >= 15 is 0 Å². The van der Waals surface area contributed by atoms with Crippen LogP contribution in [-0.2, 0) is 9.59 Å². The molecular weight excluding hydrogens is 206 g/mol. The van der Waals surface area contributed by atoms with Gasteiger partial charge in [0, 0.05) is 12.1 Å². The van der Waals surface area contributed by atoms with Crippen molar-refractivity contribution in [1.82, 2.24) is 16.0 Å². The molecule has 1 heterocycles. The summed E-state index contributed by atoms with van der Waals surface area (Å²) in [6, 6.07) is -0.311. The number of amides is 2. The SMILES string of the molecule is CCCC(C)(C)NC(=O)C1CNC(=O)CN1. The summed E-state index contributed by atoms with van der Waals surface area (Å²) in [4.78, 5) is 22.8. The van der Waals surface area contributed by atoms with Crippen LogP contribution in [0.4, 0.5) is 0 Å². The molecule has 16 heavy (non-hydrogen) atoms. The average Bonchev–Trinajstić information content (AvgIpc) is 2.17. The van der Waals surface area contributed by atoms with Gasteiger partial charge in [0.25, 0.3) is 0 Å². The Labute approximate surface area is 96.4 Å². The summed E-state index contributed by atoms with van der Waals surface area (Å²) >= 11 is 0. The van der Waals surface area contributed by atoms with Gasteiger partial charge in [-0.3, -0.25) is 14.9 Å². The van der Waals surface area contributed by atoms with E-state index in [2.05, 4.69) is 22.9 Å². The molecule has 3 N–H and O–H groups in total. The molecule has 1 fully saturated rings. The van der Waals surface area contributed by atoms with Crippen molar-refractivity contribution in [2.75, 3.05) is 13.1 Å². The Bertz CT molecular complexity index is 266. The van der Waals surface area contributed by atoms with Crippen molar-refractivity contribution in [1.29, 1.82) is 0 Å². The maximum Gasteiger partial charge on any atom is 0.239 e. The summed E-state index contributed by atoms with van der Waals surface area (Å²) in [5, 5.41) is 8.57. The summed E-state index contributed by atoms with van der Waals surface area (Å²) in [7, 11) is 0. The Hall–Kier alpha value is -1.10. The molecule has 0 aromatic heterocycles. The molecule has 0 bridgehead atoms. The van der Waals surface area contributed by atoms with Gasteiger partial charge in [-0.1, -0.05) is 13.3 Å². The monoisotopic (exact) mass is 227 g/mol. The van der Waals surface area contributed by atoms with Crippen LogP contribution in [0.3, 0.4) is 0 Å². The molecule has 2 amide bonds. The highest BCUT2D eigenvalue weighted by molar-refractivity contribution is 5.87. The van der Waals surface area contributed by atoms with Crippen LogP contribution >= 0.6 is 0 Å². The van der Waals surface area contributed by atoms with E-state index in [0.717, 1.165) is 12.8 Å². The summed E-state index contributed by atoms with van der Waals surface area (Å²) in [6.07, 6.45) is 1.97. The van der Waals surface area contributed by atoms with Crippen LogP contribution in [0, 0.1) is 0 Å². The summed E-state index contributed by atoms with van der Waals surface area (Å²) in [6.45, 7) is 6.69. The third-order valence-corrected chi connectivity index (χ3v) is 2.67.